The largest absolute Gasteiger partial charge is 0.397 e. The number of Topliss-reactive ketones (excluding diaryl/α,β-unsaturated/α-hetero) is 2. The fraction of sp³-hybridized carbons (Fsp3) is 0.333. The van der Waals surface area contributed by atoms with Gasteiger partial charge in [-0.1, -0.05) is 31.7 Å². The van der Waals surface area contributed by atoms with E-state index in [4.69, 9.17) is 5.11 Å². The number of carbonyl (C=O) groups excluding carboxylic acids is 2. The van der Waals surface area contributed by atoms with Crippen molar-refractivity contribution in [2.24, 2.45) is 0 Å². The molecule has 0 unspecified atom stereocenters. The lowest BCUT2D eigenvalue weighted by atomic mass is 10.1. The third-order valence-corrected chi connectivity index (χ3v) is 1.85. The first kappa shape index (κ1) is 13.5. The molecule has 1 aromatic carbocycles. The highest BCUT2D eigenvalue weighted by Gasteiger charge is 2.25. The third-order valence-electron chi connectivity index (χ3n) is 1.85. The van der Waals surface area contributed by atoms with Crippen molar-refractivity contribution in [1.29, 1.82) is 0 Å². The van der Waals surface area contributed by atoms with E-state index in [1.807, 2.05) is 0 Å². The SMILES string of the molecule is C.CCO.O=C1CC(=O)c2ccccc21. The van der Waals surface area contributed by atoms with Gasteiger partial charge in [0.05, 0.1) is 6.42 Å². The first-order chi connectivity index (χ1) is 6.70. The monoisotopic (exact) mass is 208 g/mol. The molecule has 0 fully saturated rings. The summed E-state index contributed by atoms with van der Waals surface area (Å²) in [5.41, 5.74) is 1.16. The van der Waals surface area contributed by atoms with Gasteiger partial charge in [-0.15, -0.1) is 0 Å². The van der Waals surface area contributed by atoms with Crippen LogP contribution in [-0.4, -0.2) is 23.3 Å². The molecule has 0 aromatic heterocycles. The number of rotatable bonds is 0. The van der Waals surface area contributed by atoms with E-state index in [9.17, 15) is 9.59 Å². The summed E-state index contributed by atoms with van der Waals surface area (Å²) in [5, 5.41) is 7.57. The summed E-state index contributed by atoms with van der Waals surface area (Å²) in [4.78, 5) is 22.1. The number of carbonyl (C=O) groups is 2. The van der Waals surface area contributed by atoms with Gasteiger partial charge in [0.15, 0.2) is 11.6 Å². The van der Waals surface area contributed by atoms with Gasteiger partial charge in [-0.05, 0) is 6.92 Å². The van der Waals surface area contributed by atoms with Gasteiger partial charge in [0, 0.05) is 17.7 Å². The summed E-state index contributed by atoms with van der Waals surface area (Å²) in [6, 6.07) is 6.94. The molecule has 0 aliphatic heterocycles. The summed E-state index contributed by atoms with van der Waals surface area (Å²) in [6.45, 7) is 1.93. The molecule has 0 spiro atoms. The molecule has 1 N–H and O–H groups in total. The molecule has 0 saturated heterocycles. The van der Waals surface area contributed by atoms with Crippen LogP contribution in [0.15, 0.2) is 24.3 Å². The molecule has 0 heterocycles. The van der Waals surface area contributed by atoms with Crippen molar-refractivity contribution in [1.82, 2.24) is 0 Å². The second-order valence-corrected chi connectivity index (χ2v) is 2.88. The molecule has 3 heteroatoms. The molecule has 1 aromatic rings. The van der Waals surface area contributed by atoms with E-state index in [1.54, 1.807) is 31.2 Å². The number of aliphatic hydroxyl groups is 1. The van der Waals surface area contributed by atoms with Gasteiger partial charge in [-0.3, -0.25) is 9.59 Å². The lowest BCUT2D eigenvalue weighted by Crippen LogP contribution is -1.90. The Morgan fingerprint density at radius 2 is 1.47 bits per heavy atom. The predicted octanol–water partition coefficient (Wildman–Crippen LogP) is 2.09. The standard InChI is InChI=1S/C9H6O2.C2H6O.CH4/c10-8-5-9(11)7-4-2-1-3-6(7)8;1-2-3;/h1-4H,5H2;3H,2H2,1H3;1H4. The fourth-order valence-electron chi connectivity index (χ4n) is 1.31. The Labute approximate surface area is 89.7 Å². The second-order valence-electron chi connectivity index (χ2n) is 2.88. The molecule has 0 saturated carbocycles. The normalized spacial score (nSPS) is 12.4. The van der Waals surface area contributed by atoms with Crippen molar-refractivity contribution in [2.45, 2.75) is 20.8 Å². The van der Waals surface area contributed by atoms with E-state index in [-0.39, 0.29) is 32.0 Å². The Kier molecular flexibility index (Phi) is 5.49. The molecule has 2 rings (SSSR count). The van der Waals surface area contributed by atoms with Crippen LogP contribution in [0, 0.1) is 0 Å². The molecule has 15 heavy (non-hydrogen) atoms. The fourth-order valence-corrected chi connectivity index (χ4v) is 1.31. The zero-order chi connectivity index (χ0) is 10.6. The van der Waals surface area contributed by atoms with Crippen LogP contribution in [0.3, 0.4) is 0 Å². The van der Waals surface area contributed by atoms with E-state index >= 15 is 0 Å². The third kappa shape index (κ3) is 2.99. The van der Waals surface area contributed by atoms with E-state index in [0.717, 1.165) is 0 Å². The smallest absolute Gasteiger partial charge is 0.171 e. The van der Waals surface area contributed by atoms with Gasteiger partial charge in [-0.2, -0.15) is 0 Å². The van der Waals surface area contributed by atoms with E-state index in [2.05, 4.69) is 0 Å². The lowest BCUT2D eigenvalue weighted by Gasteiger charge is -1.90. The Morgan fingerprint density at radius 3 is 1.80 bits per heavy atom. The van der Waals surface area contributed by atoms with Crippen LogP contribution in [0.2, 0.25) is 0 Å². The summed E-state index contributed by atoms with van der Waals surface area (Å²) in [6.07, 6.45) is 0.0549. The van der Waals surface area contributed by atoms with Crippen molar-refractivity contribution >= 4 is 11.6 Å². The maximum Gasteiger partial charge on any atom is 0.171 e. The Balaban J connectivity index is 0.000000443. The van der Waals surface area contributed by atoms with Crippen molar-refractivity contribution in [3.05, 3.63) is 35.4 Å². The van der Waals surface area contributed by atoms with E-state index in [0.29, 0.717) is 11.1 Å². The number of fused-ring (bicyclic) bond motifs is 1. The molecule has 1 aliphatic rings. The quantitative estimate of drug-likeness (QED) is 0.664. The van der Waals surface area contributed by atoms with Crippen LogP contribution < -0.4 is 0 Å². The minimum absolute atomic E-state index is 0. The Hall–Kier alpha value is -1.48. The van der Waals surface area contributed by atoms with Gasteiger partial charge in [0.2, 0.25) is 0 Å². The van der Waals surface area contributed by atoms with Gasteiger partial charge >= 0.3 is 0 Å². The van der Waals surface area contributed by atoms with Crippen LogP contribution in [0.4, 0.5) is 0 Å². The summed E-state index contributed by atoms with van der Waals surface area (Å²) in [7, 11) is 0. The van der Waals surface area contributed by atoms with Crippen LogP contribution in [0.5, 0.6) is 0 Å². The highest BCUT2D eigenvalue weighted by Crippen LogP contribution is 2.20. The van der Waals surface area contributed by atoms with Crippen LogP contribution in [0.25, 0.3) is 0 Å². The zero-order valence-corrected chi connectivity index (χ0v) is 7.99. The van der Waals surface area contributed by atoms with Crippen LogP contribution >= 0.6 is 0 Å². The second kappa shape index (κ2) is 6.09. The molecule has 0 bridgehead atoms. The molecule has 0 atom stereocenters. The molecule has 82 valence electrons. The first-order valence-corrected chi connectivity index (χ1v) is 4.47. The predicted molar refractivity (Wildman–Crippen MR) is 59.2 cm³/mol. The van der Waals surface area contributed by atoms with Gasteiger partial charge in [0.1, 0.15) is 0 Å². The molecular weight excluding hydrogens is 192 g/mol. The van der Waals surface area contributed by atoms with Crippen molar-refractivity contribution in [2.75, 3.05) is 6.61 Å². The number of hydrogen-bond donors (Lipinski definition) is 1. The van der Waals surface area contributed by atoms with Gasteiger partial charge < -0.3 is 5.11 Å². The topological polar surface area (TPSA) is 54.4 Å². The summed E-state index contributed by atoms with van der Waals surface area (Å²) in [5.74, 6) is -0.101. The minimum atomic E-state index is -0.0504. The average Bonchev–Trinajstić information content (AvgIpc) is 2.45. The zero-order valence-electron chi connectivity index (χ0n) is 7.99. The number of benzene rings is 1. The van der Waals surface area contributed by atoms with Crippen molar-refractivity contribution in [3.63, 3.8) is 0 Å². The highest BCUT2D eigenvalue weighted by molar-refractivity contribution is 6.24. The van der Waals surface area contributed by atoms with E-state index in [1.165, 1.54) is 0 Å². The van der Waals surface area contributed by atoms with Gasteiger partial charge in [0.25, 0.3) is 0 Å². The number of hydrogen-bond acceptors (Lipinski definition) is 3. The maximum absolute atomic E-state index is 11.1. The summed E-state index contributed by atoms with van der Waals surface area (Å²) >= 11 is 0. The number of ketones is 2. The summed E-state index contributed by atoms with van der Waals surface area (Å²) < 4.78 is 0. The van der Waals surface area contributed by atoms with Crippen molar-refractivity contribution in [3.8, 4) is 0 Å². The molecule has 3 nitrogen and oxygen atoms in total. The molecular formula is C12H16O3. The van der Waals surface area contributed by atoms with Gasteiger partial charge in [-0.25, -0.2) is 0 Å². The minimum Gasteiger partial charge on any atom is -0.397 e. The number of aliphatic hydroxyl groups excluding tert-OH is 1. The molecule has 1 aliphatic carbocycles. The highest BCUT2D eigenvalue weighted by atomic mass is 16.2. The Bertz CT molecular complexity index is 323. The van der Waals surface area contributed by atoms with Crippen LogP contribution in [0.1, 0.15) is 41.5 Å². The molecule has 0 radical (unpaired) electrons. The van der Waals surface area contributed by atoms with Crippen LogP contribution in [-0.2, 0) is 0 Å². The van der Waals surface area contributed by atoms with E-state index < -0.39 is 0 Å². The molecule has 0 amide bonds. The first-order valence-electron chi connectivity index (χ1n) is 4.47. The average molecular weight is 208 g/mol. The maximum atomic E-state index is 11.1. The Morgan fingerprint density at radius 1 is 1.13 bits per heavy atom. The van der Waals surface area contributed by atoms with Crippen molar-refractivity contribution < 1.29 is 14.7 Å². The lowest BCUT2D eigenvalue weighted by molar-refractivity contribution is 0.0923.